The standard InChI is InChI=1S/C26H23N3O5S/c1-3-22-19-7-5-4-6-18(19)20-13-16(21-14-27-26(32)28-25(21)31)8-10-23(20)29(22)35(33,34)17-9-11-24(30)15(2)12-17/h4-14,22,30H,3H2,1-2H3,(H2,27,28,31,32). The van der Waals surface area contributed by atoms with E-state index in [0.29, 0.717) is 34.4 Å². The highest BCUT2D eigenvalue weighted by Gasteiger charge is 2.38. The fourth-order valence-corrected chi connectivity index (χ4v) is 6.40. The molecule has 1 aliphatic heterocycles. The second kappa shape index (κ2) is 8.28. The molecule has 0 aliphatic carbocycles. The highest BCUT2D eigenvalue weighted by atomic mass is 32.2. The molecule has 1 aromatic heterocycles. The molecule has 0 amide bonds. The fraction of sp³-hybridized carbons (Fsp3) is 0.154. The van der Waals surface area contributed by atoms with E-state index < -0.39 is 22.1 Å². The van der Waals surface area contributed by atoms with E-state index in [1.165, 1.54) is 28.7 Å². The van der Waals surface area contributed by atoms with Gasteiger partial charge in [0, 0.05) is 11.8 Å². The molecular formula is C26H23N3O5S. The van der Waals surface area contributed by atoms with Gasteiger partial charge in [0.05, 0.1) is 22.2 Å². The molecular weight excluding hydrogens is 466 g/mol. The minimum absolute atomic E-state index is 0.0287. The molecule has 178 valence electrons. The Hall–Kier alpha value is -4.11. The van der Waals surface area contributed by atoms with Gasteiger partial charge in [-0.1, -0.05) is 37.3 Å². The molecule has 9 heteroatoms. The van der Waals surface area contributed by atoms with E-state index in [4.69, 9.17) is 0 Å². The third-order valence-corrected chi connectivity index (χ3v) is 8.12. The van der Waals surface area contributed by atoms with E-state index in [9.17, 15) is 23.7 Å². The van der Waals surface area contributed by atoms with Gasteiger partial charge in [-0.25, -0.2) is 13.4 Å². The van der Waals surface area contributed by atoms with Gasteiger partial charge in [0.1, 0.15) is 5.75 Å². The summed E-state index contributed by atoms with van der Waals surface area (Å²) in [6, 6.07) is 16.1. The van der Waals surface area contributed by atoms with Crippen LogP contribution < -0.4 is 4.31 Å². The number of aromatic hydroxyl groups is 3. The van der Waals surface area contributed by atoms with Crippen molar-refractivity contribution in [3.8, 4) is 39.9 Å². The Bertz CT molecular complexity index is 1570. The van der Waals surface area contributed by atoms with Gasteiger partial charge >= 0.3 is 6.01 Å². The second-order valence-electron chi connectivity index (χ2n) is 8.40. The van der Waals surface area contributed by atoms with Crippen LogP contribution in [0.4, 0.5) is 5.69 Å². The zero-order chi connectivity index (χ0) is 24.9. The predicted molar refractivity (Wildman–Crippen MR) is 132 cm³/mol. The summed E-state index contributed by atoms with van der Waals surface area (Å²) in [5, 5.41) is 29.7. The first-order valence-electron chi connectivity index (χ1n) is 11.0. The Labute approximate surface area is 202 Å². The number of hydrogen-bond acceptors (Lipinski definition) is 7. The molecule has 0 spiro atoms. The zero-order valence-corrected chi connectivity index (χ0v) is 19.9. The lowest BCUT2D eigenvalue weighted by molar-refractivity contribution is 0.399. The first-order chi connectivity index (χ1) is 16.7. The van der Waals surface area contributed by atoms with Crippen LogP contribution in [0.3, 0.4) is 0 Å². The number of phenolic OH excluding ortho intramolecular Hbond substituents is 1. The number of fused-ring (bicyclic) bond motifs is 3. The summed E-state index contributed by atoms with van der Waals surface area (Å²) >= 11 is 0. The molecule has 5 rings (SSSR count). The highest BCUT2D eigenvalue weighted by molar-refractivity contribution is 7.92. The van der Waals surface area contributed by atoms with Gasteiger partial charge in [0.25, 0.3) is 10.0 Å². The number of aryl methyl sites for hydroxylation is 1. The van der Waals surface area contributed by atoms with Crippen LogP contribution in [0, 0.1) is 6.92 Å². The molecule has 1 aliphatic rings. The maximum absolute atomic E-state index is 14.0. The fourth-order valence-electron chi connectivity index (χ4n) is 4.59. The summed E-state index contributed by atoms with van der Waals surface area (Å²) in [6.07, 6.45) is 1.86. The third kappa shape index (κ3) is 3.64. The Kier molecular flexibility index (Phi) is 5.36. The minimum Gasteiger partial charge on any atom is -0.508 e. The second-order valence-corrected chi connectivity index (χ2v) is 10.2. The summed E-state index contributed by atoms with van der Waals surface area (Å²) < 4.78 is 29.4. The number of sulfonamides is 1. The largest absolute Gasteiger partial charge is 0.508 e. The molecule has 0 bridgehead atoms. The molecule has 0 saturated carbocycles. The smallest absolute Gasteiger partial charge is 0.317 e. The Balaban J connectivity index is 1.75. The van der Waals surface area contributed by atoms with Gasteiger partial charge in [-0.3, -0.25) is 4.31 Å². The maximum Gasteiger partial charge on any atom is 0.317 e. The molecule has 8 nitrogen and oxygen atoms in total. The topological polar surface area (TPSA) is 124 Å². The van der Waals surface area contributed by atoms with Gasteiger partial charge in [-0.15, -0.1) is 0 Å². The number of anilines is 1. The van der Waals surface area contributed by atoms with Crippen molar-refractivity contribution in [2.75, 3.05) is 4.31 Å². The number of aromatic nitrogens is 2. The predicted octanol–water partition coefficient (Wildman–Crippen LogP) is 4.90. The Morgan fingerprint density at radius 2 is 1.71 bits per heavy atom. The average Bonchev–Trinajstić information content (AvgIpc) is 2.84. The minimum atomic E-state index is -3.99. The number of benzene rings is 3. The lowest BCUT2D eigenvalue weighted by Gasteiger charge is -2.39. The molecule has 1 atom stereocenters. The van der Waals surface area contributed by atoms with Gasteiger partial charge in [0.15, 0.2) is 0 Å². The van der Waals surface area contributed by atoms with Gasteiger partial charge in [0.2, 0.25) is 5.88 Å². The van der Waals surface area contributed by atoms with Crippen molar-refractivity contribution >= 4 is 15.7 Å². The summed E-state index contributed by atoms with van der Waals surface area (Å²) in [5.41, 5.74) is 4.29. The molecule has 0 saturated heterocycles. The monoisotopic (exact) mass is 489 g/mol. The van der Waals surface area contributed by atoms with Crippen LogP contribution in [0.5, 0.6) is 17.6 Å². The van der Waals surface area contributed by atoms with Crippen LogP contribution in [0.2, 0.25) is 0 Å². The summed E-state index contributed by atoms with van der Waals surface area (Å²) in [5.74, 6) is -0.349. The van der Waals surface area contributed by atoms with Crippen LogP contribution in [0.1, 0.15) is 30.5 Å². The quantitative estimate of drug-likeness (QED) is 0.373. The zero-order valence-electron chi connectivity index (χ0n) is 19.0. The van der Waals surface area contributed by atoms with Crippen LogP contribution in [0.15, 0.2) is 71.8 Å². The van der Waals surface area contributed by atoms with Crippen molar-refractivity contribution in [1.29, 1.82) is 0 Å². The van der Waals surface area contributed by atoms with Crippen molar-refractivity contribution in [2.24, 2.45) is 0 Å². The summed E-state index contributed by atoms with van der Waals surface area (Å²) in [6.45, 7) is 3.60. The van der Waals surface area contributed by atoms with Crippen molar-refractivity contribution in [1.82, 2.24) is 9.97 Å². The van der Waals surface area contributed by atoms with Gasteiger partial charge in [-0.05, 0) is 65.9 Å². The maximum atomic E-state index is 14.0. The molecule has 3 aromatic carbocycles. The van der Waals surface area contributed by atoms with Gasteiger partial charge < -0.3 is 15.3 Å². The number of rotatable bonds is 4. The van der Waals surface area contributed by atoms with E-state index in [0.717, 1.165) is 11.1 Å². The van der Waals surface area contributed by atoms with Crippen molar-refractivity contribution in [3.63, 3.8) is 0 Å². The number of nitrogens with zero attached hydrogens (tertiary/aromatic N) is 3. The number of hydrogen-bond donors (Lipinski definition) is 3. The molecule has 4 aromatic rings. The lowest BCUT2D eigenvalue weighted by atomic mass is 9.87. The highest BCUT2D eigenvalue weighted by Crippen LogP contribution is 2.49. The molecule has 35 heavy (non-hydrogen) atoms. The SMILES string of the molecule is CCC1c2ccccc2-c2cc(-c3cnc(O)nc3O)ccc2N1S(=O)(=O)c1ccc(O)c(C)c1. The number of phenols is 1. The molecule has 0 fully saturated rings. The van der Waals surface area contributed by atoms with Crippen LogP contribution in [-0.4, -0.2) is 33.7 Å². The first-order valence-corrected chi connectivity index (χ1v) is 12.5. The van der Waals surface area contributed by atoms with Crippen molar-refractivity contribution in [3.05, 3.63) is 78.0 Å². The van der Waals surface area contributed by atoms with E-state index in [1.54, 1.807) is 25.1 Å². The van der Waals surface area contributed by atoms with Gasteiger partial charge in [-0.2, -0.15) is 4.98 Å². The molecule has 2 heterocycles. The Morgan fingerprint density at radius 1 is 0.943 bits per heavy atom. The third-order valence-electron chi connectivity index (χ3n) is 6.31. The van der Waals surface area contributed by atoms with E-state index in [2.05, 4.69) is 9.97 Å². The van der Waals surface area contributed by atoms with Crippen LogP contribution >= 0.6 is 0 Å². The summed E-state index contributed by atoms with van der Waals surface area (Å²) in [4.78, 5) is 7.47. The first kappa shape index (κ1) is 22.7. The normalized spacial score (nSPS) is 14.9. The molecule has 1 unspecified atom stereocenters. The van der Waals surface area contributed by atoms with E-state index >= 15 is 0 Å². The van der Waals surface area contributed by atoms with Crippen molar-refractivity contribution < 1.29 is 23.7 Å². The van der Waals surface area contributed by atoms with Crippen LogP contribution in [0.25, 0.3) is 22.3 Å². The van der Waals surface area contributed by atoms with Crippen molar-refractivity contribution in [2.45, 2.75) is 31.2 Å². The average molecular weight is 490 g/mol. The van der Waals surface area contributed by atoms with E-state index in [1.807, 2.05) is 31.2 Å². The van der Waals surface area contributed by atoms with Crippen LogP contribution in [-0.2, 0) is 10.0 Å². The lowest BCUT2D eigenvalue weighted by Crippen LogP contribution is -2.37. The molecule has 0 radical (unpaired) electrons. The summed E-state index contributed by atoms with van der Waals surface area (Å²) in [7, 11) is -3.99. The molecule has 3 N–H and O–H groups in total. The van der Waals surface area contributed by atoms with E-state index in [-0.39, 0.29) is 16.5 Å². The Morgan fingerprint density at radius 3 is 2.43 bits per heavy atom.